The Balaban J connectivity index is 1.90. The van der Waals surface area contributed by atoms with Crippen LogP contribution in [0, 0.1) is 18.3 Å². The van der Waals surface area contributed by atoms with Gasteiger partial charge in [0.25, 0.3) is 0 Å². The van der Waals surface area contributed by atoms with E-state index in [1.165, 1.54) is 0 Å². The van der Waals surface area contributed by atoms with Crippen molar-refractivity contribution in [3.63, 3.8) is 0 Å². The van der Waals surface area contributed by atoms with E-state index in [0.29, 0.717) is 12.3 Å². The Labute approximate surface area is 85.6 Å². The van der Waals surface area contributed by atoms with Gasteiger partial charge < -0.3 is 10.6 Å². The number of nitrogens with one attached hydrogen (secondary N) is 2. The SMILES string of the molecule is C#CCCCCNC(=O)CC1CNC1. The van der Waals surface area contributed by atoms with Gasteiger partial charge in [0, 0.05) is 19.4 Å². The van der Waals surface area contributed by atoms with Gasteiger partial charge in [0.05, 0.1) is 0 Å². The molecule has 0 spiro atoms. The summed E-state index contributed by atoms with van der Waals surface area (Å²) in [5.74, 6) is 3.32. The molecule has 0 aromatic rings. The molecule has 0 unspecified atom stereocenters. The third-order valence-corrected chi connectivity index (χ3v) is 2.41. The smallest absolute Gasteiger partial charge is 0.220 e. The molecule has 1 aliphatic heterocycles. The average Bonchev–Trinajstić information content (AvgIpc) is 2.11. The summed E-state index contributed by atoms with van der Waals surface area (Å²) >= 11 is 0. The summed E-state index contributed by atoms with van der Waals surface area (Å²) in [5, 5.41) is 6.05. The van der Waals surface area contributed by atoms with Crippen LogP contribution in [0.1, 0.15) is 25.7 Å². The third kappa shape index (κ3) is 4.29. The topological polar surface area (TPSA) is 41.1 Å². The molecule has 2 N–H and O–H groups in total. The van der Waals surface area contributed by atoms with Crippen molar-refractivity contribution in [1.82, 2.24) is 10.6 Å². The van der Waals surface area contributed by atoms with Gasteiger partial charge in [-0.15, -0.1) is 12.3 Å². The molecule has 0 aromatic carbocycles. The number of unbranched alkanes of at least 4 members (excludes halogenated alkanes) is 2. The van der Waals surface area contributed by atoms with Crippen molar-refractivity contribution in [3.8, 4) is 12.3 Å². The minimum absolute atomic E-state index is 0.178. The van der Waals surface area contributed by atoms with Gasteiger partial charge in [-0.1, -0.05) is 0 Å². The van der Waals surface area contributed by atoms with Crippen LogP contribution in [-0.4, -0.2) is 25.5 Å². The number of carbonyl (C=O) groups excluding carboxylic acids is 1. The van der Waals surface area contributed by atoms with Gasteiger partial charge >= 0.3 is 0 Å². The first kappa shape index (κ1) is 11.1. The largest absolute Gasteiger partial charge is 0.356 e. The maximum absolute atomic E-state index is 11.3. The van der Waals surface area contributed by atoms with Crippen LogP contribution in [0.2, 0.25) is 0 Å². The molecule has 1 rings (SSSR count). The molecule has 0 saturated carbocycles. The highest BCUT2D eigenvalue weighted by Crippen LogP contribution is 2.07. The normalized spacial score (nSPS) is 15.6. The molecule has 0 atom stereocenters. The highest BCUT2D eigenvalue weighted by Gasteiger charge is 2.19. The molecule has 1 heterocycles. The Kier molecular flexibility index (Phi) is 5.09. The van der Waals surface area contributed by atoms with Gasteiger partial charge in [0.15, 0.2) is 0 Å². The first-order valence-corrected chi connectivity index (χ1v) is 5.24. The fourth-order valence-electron chi connectivity index (χ4n) is 1.41. The van der Waals surface area contributed by atoms with Crippen molar-refractivity contribution in [1.29, 1.82) is 0 Å². The first-order valence-electron chi connectivity index (χ1n) is 5.24. The molecular formula is C11H18N2O. The van der Waals surface area contributed by atoms with Crippen LogP contribution in [0.25, 0.3) is 0 Å². The van der Waals surface area contributed by atoms with Crippen molar-refractivity contribution < 1.29 is 4.79 Å². The second-order valence-corrected chi connectivity index (χ2v) is 3.74. The predicted octanol–water partition coefficient (Wildman–Crippen LogP) is 0.516. The molecule has 3 nitrogen and oxygen atoms in total. The maximum atomic E-state index is 11.3. The number of amides is 1. The summed E-state index contributed by atoms with van der Waals surface area (Å²) in [7, 11) is 0. The second-order valence-electron chi connectivity index (χ2n) is 3.74. The lowest BCUT2D eigenvalue weighted by Crippen LogP contribution is -2.44. The van der Waals surface area contributed by atoms with E-state index in [9.17, 15) is 4.79 Å². The molecule has 3 heteroatoms. The van der Waals surface area contributed by atoms with Crippen molar-refractivity contribution in [2.75, 3.05) is 19.6 Å². The van der Waals surface area contributed by atoms with Crippen LogP contribution in [-0.2, 0) is 4.79 Å². The highest BCUT2D eigenvalue weighted by molar-refractivity contribution is 5.76. The van der Waals surface area contributed by atoms with Crippen LogP contribution in [0.4, 0.5) is 0 Å². The lowest BCUT2D eigenvalue weighted by atomic mass is 9.99. The van der Waals surface area contributed by atoms with Crippen LogP contribution in [0.3, 0.4) is 0 Å². The molecule has 0 aliphatic carbocycles. The van der Waals surface area contributed by atoms with E-state index in [1.807, 2.05) is 0 Å². The first-order chi connectivity index (χ1) is 6.83. The van der Waals surface area contributed by atoms with E-state index >= 15 is 0 Å². The highest BCUT2D eigenvalue weighted by atomic mass is 16.1. The lowest BCUT2D eigenvalue weighted by molar-refractivity contribution is -0.122. The fraction of sp³-hybridized carbons (Fsp3) is 0.727. The molecule has 0 bridgehead atoms. The molecule has 1 amide bonds. The van der Waals surface area contributed by atoms with Crippen LogP contribution in [0.5, 0.6) is 0 Å². The Bertz CT molecular complexity index is 216. The minimum Gasteiger partial charge on any atom is -0.356 e. The van der Waals surface area contributed by atoms with Gasteiger partial charge in [-0.2, -0.15) is 0 Å². The van der Waals surface area contributed by atoms with Gasteiger partial charge in [-0.05, 0) is 31.8 Å². The number of terminal acetylenes is 1. The molecule has 0 radical (unpaired) electrons. The van der Waals surface area contributed by atoms with E-state index < -0.39 is 0 Å². The van der Waals surface area contributed by atoms with Crippen molar-refractivity contribution >= 4 is 5.91 Å². The van der Waals surface area contributed by atoms with Gasteiger partial charge in [-0.3, -0.25) is 4.79 Å². The zero-order valence-corrected chi connectivity index (χ0v) is 8.51. The predicted molar refractivity (Wildman–Crippen MR) is 56.7 cm³/mol. The summed E-state index contributed by atoms with van der Waals surface area (Å²) in [6.07, 6.45) is 8.58. The van der Waals surface area contributed by atoms with Crippen molar-refractivity contribution in [2.24, 2.45) is 5.92 Å². The fourth-order valence-corrected chi connectivity index (χ4v) is 1.41. The van der Waals surface area contributed by atoms with E-state index in [-0.39, 0.29) is 5.91 Å². The average molecular weight is 194 g/mol. The third-order valence-electron chi connectivity index (χ3n) is 2.41. The molecule has 14 heavy (non-hydrogen) atoms. The summed E-state index contributed by atoms with van der Waals surface area (Å²) in [4.78, 5) is 11.3. The summed E-state index contributed by atoms with van der Waals surface area (Å²) in [6, 6.07) is 0. The van der Waals surface area contributed by atoms with Gasteiger partial charge in [0.2, 0.25) is 5.91 Å². The number of hydrogen-bond acceptors (Lipinski definition) is 2. The Morgan fingerprint density at radius 1 is 1.50 bits per heavy atom. The van der Waals surface area contributed by atoms with E-state index in [0.717, 1.165) is 38.9 Å². The molecule has 1 aliphatic rings. The van der Waals surface area contributed by atoms with Gasteiger partial charge in [0.1, 0.15) is 0 Å². The monoisotopic (exact) mass is 194 g/mol. The van der Waals surface area contributed by atoms with Crippen LogP contribution in [0.15, 0.2) is 0 Å². The zero-order valence-electron chi connectivity index (χ0n) is 8.51. The van der Waals surface area contributed by atoms with E-state index in [1.54, 1.807) is 0 Å². The van der Waals surface area contributed by atoms with Crippen molar-refractivity contribution in [3.05, 3.63) is 0 Å². The van der Waals surface area contributed by atoms with Crippen LogP contribution < -0.4 is 10.6 Å². The summed E-state index contributed by atoms with van der Waals surface area (Å²) in [5.41, 5.74) is 0. The Hall–Kier alpha value is -1.01. The van der Waals surface area contributed by atoms with Crippen LogP contribution >= 0.6 is 0 Å². The number of hydrogen-bond donors (Lipinski definition) is 2. The minimum atomic E-state index is 0.178. The van der Waals surface area contributed by atoms with E-state index in [2.05, 4.69) is 16.6 Å². The summed E-state index contributed by atoms with van der Waals surface area (Å²) < 4.78 is 0. The van der Waals surface area contributed by atoms with Crippen molar-refractivity contribution in [2.45, 2.75) is 25.7 Å². The summed E-state index contributed by atoms with van der Waals surface area (Å²) in [6.45, 7) is 2.75. The molecule has 1 saturated heterocycles. The molecule has 0 aromatic heterocycles. The number of carbonyl (C=O) groups is 1. The standard InChI is InChI=1S/C11H18N2O/c1-2-3-4-5-6-13-11(14)7-10-8-12-9-10/h1,10,12H,3-9H2,(H,13,14). The second kappa shape index (κ2) is 6.44. The Morgan fingerprint density at radius 3 is 2.86 bits per heavy atom. The molecule has 78 valence electrons. The number of rotatable bonds is 6. The molecule has 1 fully saturated rings. The van der Waals surface area contributed by atoms with Gasteiger partial charge in [-0.25, -0.2) is 0 Å². The molecular weight excluding hydrogens is 176 g/mol. The van der Waals surface area contributed by atoms with E-state index in [4.69, 9.17) is 6.42 Å². The maximum Gasteiger partial charge on any atom is 0.220 e. The quantitative estimate of drug-likeness (QED) is 0.478. The Morgan fingerprint density at radius 2 is 2.29 bits per heavy atom. The lowest BCUT2D eigenvalue weighted by Gasteiger charge is -2.26. The zero-order chi connectivity index (χ0) is 10.2.